The summed E-state index contributed by atoms with van der Waals surface area (Å²) in [5.41, 5.74) is 2.15. The van der Waals surface area contributed by atoms with Gasteiger partial charge in [-0.3, -0.25) is 19.7 Å². The quantitative estimate of drug-likeness (QED) is 0.153. The van der Waals surface area contributed by atoms with E-state index in [0.29, 0.717) is 26.8 Å². The minimum atomic E-state index is -0.439. The summed E-state index contributed by atoms with van der Waals surface area (Å²) in [6.45, 7) is 1.31. The number of benzene rings is 2. The highest BCUT2D eigenvalue weighted by Gasteiger charge is 2.17. The van der Waals surface area contributed by atoms with Crippen molar-refractivity contribution in [3.05, 3.63) is 46.5 Å². The van der Waals surface area contributed by atoms with Gasteiger partial charge in [0.1, 0.15) is 0 Å². The molecule has 1 unspecified atom stereocenters. The molecule has 0 radical (unpaired) electrons. The Morgan fingerprint density at radius 3 is 2.38 bits per heavy atom. The Kier molecular flexibility index (Phi) is 8.20. The lowest BCUT2D eigenvalue weighted by atomic mass is 10.2. The van der Waals surface area contributed by atoms with Gasteiger partial charge in [0.05, 0.1) is 43.0 Å². The summed E-state index contributed by atoms with van der Waals surface area (Å²) in [7, 11) is 0. The number of aromatic nitrogens is 2. The summed E-state index contributed by atoms with van der Waals surface area (Å²) in [4.78, 5) is 44.2. The van der Waals surface area contributed by atoms with Gasteiger partial charge in [0.25, 0.3) is 5.69 Å². The van der Waals surface area contributed by atoms with Crippen molar-refractivity contribution in [1.82, 2.24) is 15.3 Å². The average Bonchev–Trinajstić information content (AvgIpc) is 3.63. The van der Waals surface area contributed by atoms with E-state index < -0.39 is 4.92 Å². The molecule has 1 fully saturated rings. The molecule has 0 aliphatic carbocycles. The predicted octanol–water partition coefficient (Wildman–Crippen LogP) is 4.93. The standard InChI is InChI=1S/C23H21N5O5S4/c29-20(24-10-15-2-1-7-33-15)11-34-22-26-16-5-3-13(8-18(16)36-22)25-21(30)12-35-23-27-17-6-4-14(28(31)32)9-19(17)37-23/h3-6,8-9,15H,1-2,7,10-12H2,(H,24,29)(H,25,30). The molecule has 2 aromatic carbocycles. The average molecular weight is 576 g/mol. The number of rotatable bonds is 10. The van der Waals surface area contributed by atoms with Gasteiger partial charge in [-0.1, -0.05) is 23.5 Å². The number of carbonyl (C=O) groups excluding carboxylic acids is 2. The molecule has 0 spiro atoms. The van der Waals surface area contributed by atoms with Crippen molar-refractivity contribution >= 4 is 89.8 Å². The van der Waals surface area contributed by atoms with E-state index in [2.05, 4.69) is 20.6 Å². The molecule has 5 rings (SSSR count). The Balaban J connectivity index is 1.12. The summed E-state index contributed by atoms with van der Waals surface area (Å²) in [5.74, 6) is 0.213. The molecule has 14 heteroatoms. The first-order chi connectivity index (χ1) is 17.9. The lowest BCUT2D eigenvalue weighted by molar-refractivity contribution is -0.384. The number of thioether (sulfide) groups is 2. The molecule has 2 aromatic heterocycles. The fourth-order valence-corrected chi connectivity index (χ4v) is 7.49. The van der Waals surface area contributed by atoms with Crippen molar-refractivity contribution in [2.45, 2.75) is 27.6 Å². The summed E-state index contributed by atoms with van der Waals surface area (Å²) in [6.07, 6.45) is 2.14. The van der Waals surface area contributed by atoms with E-state index in [9.17, 15) is 19.7 Å². The summed E-state index contributed by atoms with van der Waals surface area (Å²) < 4.78 is 8.61. The van der Waals surface area contributed by atoms with Crippen molar-refractivity contribution < 1.29 is 19.2 Å². The lowest BCUT2D eigenvalue weighted by Crippen LogP contribution is -2.32. The molecule has 1 aliphatic rings. The van der Waals surface area contributed by atoms with Gasteiger partial charge < -0.3 is 15.4 Å². The van der Waals surface area contributed by atoms with E-state index in [-0.39, 0.29) is 35.1 Å². The summed E-state index contributed by atoms with van der Waals surface area (Å²) >= 11 is 5.47. The maximum absolute atomic E-state index is 12.5. The molecule has 1 atom stereocenters. The van der Waals surface area contributed by atoms with E-state index in [4.69, 9.17) is 4.74 Å². The molecule has 192 valence electrons. The van der Waals surface area contributed by atoms with Crippen LogP contribution in [0.2, 0.25) is 0 Å². The van der Waals surface area contributed by atoms with Crippen LogP contribution in [0.25, 0.3) is 20.4 Å². The van der Waals surface area contributed by atoms with Crippen LogP contribution < -0.4 is 10.6 Å². The number of nitrogens with one attached hydrogen (secondary N) is 2. The Hall–Kier alpha value is -2.78. The van der Waals surface area contributed by atoms with E-state index in [0.717, 1.165) is 34.0 Å². The van der Waals surface area contributed by atoms with Gasteiger partial charge >= 0.3 is 0 Å². The van der Waals surface area contributed by atoms with Crippen LogP contribution in [0.1, 0.15) is 12.8 Å². The maximum Gasteiger partial charge on any atom is 0.270 e. The molecule has 10 nitrogen and oxygen atoms in total. The molecule has 2 N–H and O–H groups in total. The molecule has 4 aromatic rings. The van der Waals surface area contributed by atoms with Gasteiger partial charge in [0.15, 0.2) is 8.68 Å². The minimum Gasteiger partial charge on any atom is -0.376 e. The third-order valence-electron chi connectivity index (χ3n) is 5.42. The third-order valence-corrected chi connectivity index (χ3v) is 9.74. The fourth-order valence-electron chi connectivity index (χ4n) is 3.65. The number of nitro groups is 1. The van der Waals surface area contributed by atoms with Crippen molar-refractivity contribution in [2.75, 3.05) is 30.0 Å². The minimum absolute atomic E-state index is 0.0168. The van der Waals surface area contributed by atoms with Crippen molar-refractivity contribution in [1.29, 1.82) is 0 Å². The molecule has 0 saturated carbocycles. The van der Waals surface area contributed by atoms with Gasteiger partial charge in [-0.15, -0.1) is 22.7 Å². The van der Waals surface area contributed by atoms with Crippen LogP contribution in [0.15, 0.2) is 45.1 Å². The van der Waals surface area contributed by atoms with Crippen molar-refractivity contribution in [2.24, 2.45) is 0 Å². The Morgan fingerprint density at radius 2 is 1.70 bits per heavy atom. The molecule has 0 bridgehead atoms. The molecular weight excluding hydrogens is 555 g/mol. The first kappa shape index (κ1) is 25.9. The highest BCUT2D eigenvalue weighted by molar-refractivity contribution is 8.02. The third kappa shape index (κ3) is 6.76. The lowest BCUT2D eigenvalue weighted by Gasteiger charge is -2.09. The predicted molar refractivity (Wildman–Crippen MR) is 148 cm³/mol. The van der Waals surface area contributed by atoms with Gasteiger partial charge in [0.2, 0.25) is 11.8 Å². The number of anilines is 1. The Labute approximate surface area is 227 Å². The number of hydrogen-bond donors (Lipinski definition) is 2. The molecule has 2 amide bonds. The number of hydrogen-bond acceptors (Lipinski definition) is 11. The van der Waals surface area contributed by atoms with Crippen molar-refractivity contribution in [3.63, 3.8) is 0 Å². The van der Waals surface area contributed by atoms with Crippen LogP contribution >= 0.6 is 46.2 Å². The highest BCUT2D eigenvalue weighted by atomic mass is 32.2. The van der Waals surface area contributed by atoms with Crippen LogP contribution in [-0.4, -0.2) is 57.5 Å². The smallest absolute Gasteiger partial charge is 0.270 e. The Morgan fingerprint density at radius 1 is 1.03 bits per heavy atom. The molecule has 37 heavy (non-hydrogen) atoms. The fraction of sp³-hybridized carbons (Fsp3) is 0.304. The second-order valence-corrected chi connectivity index (χ2v) is 12.6. The van der Waals surface area contributed by atoms with E-state index in [1.165, 1.54) is 58.3 Å². The van der Waals surface area contributed by atoms with Crippen LogP contribution in [-0.2, 0) is 14.3 Å². The number of amides is 2. The monoisotopic (exact) mass is 575 g/mol. The van der Waals surface area contributed by atoms with Gasteiger partial charge in [-0.25, -0.2) is 9.97 Å². The number of carbonyl (C=O) groups is 2. The zero-order valence-electron chi connectivity index (χ0n) is 19.3. The first-order valence-corrected chi connectivity index (χ1v) is 14.9. The SMILES string of the molecule is O=C(CSc1nc2ccc(NC(=O)CSc3nc4ccc([N+](=O)[O-])cc4s3)cc2s1)NCC1CCCO1. The topological polar surface area (TPSA) is 136 Å². The number of ether oxygens (including phenoxy) is 1. The van der Waals surface area contributed by atoms with Gasteiger partial charge in [0, 0.05) is 31.0 Å². The second kappa shape index (κ2) is 11.7. The van der Waals surface area contributed by atoms with Crippen LogP contribution in [0.3, 0.4) is 0 Å². The van der Waals surface area contributed by atoms with E-state index in [1.807, 2.05) is 12.1 Å². The normalized spacial score (nSPS) is 15.3. The molecule has 1 aliphatic heterocycles. The number of nitro benzene ring substituents is 1. The van der Waals surface area contributed by atoms with Crippen LogP contribution in [0.4, 0.5) is 11.4 Å². The second-order valence-electron chi connectivity index (χ2n) is 8.12. The van der Waals surface area contributed by atoms with Gasteiger partial charge in [-0.2, -0.15) is 0 Å². The number of non-ortho nitro benzene ring substituents is 1. The summed E-state index contributed by atoms with van der Waals surface area (Å²) in [6, 6.07) is 10.0. The van der Waals surface area contributed by atoms with Gasteiger partial charge in [-0.05, 0) is 37.1 Å². The molecular formula is C23H21N5O5S4. The molecule has 3 heterocycles. The number of fused-ring (bicyclic) bond motifs is 2. The first-order valence-electron chi connectivity index (χ1n) is 11.3. The van der Waals surface area contributed by atoms with Crippen LogP contribution in [0.5, 0.6) is 0 Å². The Bertz CT molecular complexity index is 1470. The van der Waals surface area contributed by atoms with E-state index >= 15 is 0 Å². The zero-order valence-corrected chi connectivity index (χ0v) is 22.6. The summed E-state index contributed by atoms with van der Waals surface area (Å²) in [5, 5.41) is 16.8. The zero-order chi connectivity index (χ0) is 25.8. The number of thiazole rings is 2. The van der Waals surface area contributed by atoms with E-state index in [1.54, 1.807) is 12.1 Å². The molecule has 1 saturated heterocycles. The highest BCUT2D eigenvalue weighted by Crippen LogP contribution is 2.33. The number of nitrogens with zero attached hydrogens (tertiary/aromatic N) is 3. The largest absolute Gasteiger partial charge is 0.376 e. The van der Waals surface area contributed by atoms with Crippen LogP contribution in [0, 0.1) is 10.1 Å². The van der Waals surface area contributed by atoms with Crippen molar-refractivity contribution in [3.8, 4) is 0 Å². The maximum atomic E-state index is 12.5.